The Morgan fingerprint density at radius 2 is 2.33 bits per heavy atom. The third kappa shape index (κ3) is 1.36. The molecule has 0 unspecified atom stereocenters. The molecule has 0 spiro atoms. The molecule has 0 aromatic rings. The maximum atomic E-state index is 4.28. The van der Waals surface area contributed by atoms with Gasteiger partial charge in [0.2, 0.25) is 0 Å². The van der Waals surface area contributed by atoms with Crippen molar-refractivity contribution in [2.24, 2.45) is 10.9 Å². The Hall–Kier alpha value is -0.240. The van der Waals surface area contributed by atoms with E-state index in [-0.39, 0.29) is 0 Å². The number of allylic oxidation sites excluding steroid dienone is 1. The molecule has 0 aromatic heterocycles. The summed E-state index contributed by atoms with van der Waals surface area (Å²) in [5.74, 6) is 0.573. The molecule has 0 amide bonds. The lowest BCUT2D eigenvalue weighted by Gasteiger charge is -2.02. The Labute approximate surface area is 61.3 Å². The van der Waals surface area contributed by atoms with Crippen molar-refractivity contribution >= 4 is 18.8 Å². The zero-order valence-electron chi connectivity index (χ0n) is 5.76. The summed E-state index contributed by atoms with van der Waals surface area (Å²) in [7, 11) is 0. The zero-order chi connectivity index (χ0) is 6.85. The van der Waals surface area contributed by atoms with Crippen molar-refractivity contribution < 1.29 is 0 Å². The lowest BCUT2D eigenvalue weighted by Crippen LogP contribution is -1.93. The van der Waals surface area contributed by atoms with Gasteiger partial charge in [0.25, 0.3) is 0 Å². The molecule has 0 bridgehead atoms. The molecule has 1 heterocycles. The summed E-state index contributed by atoms with van der Waals surface area (Å²) in [6.45, 7) is 5.10. The minimum Gasteiger partial charge on any atom is -0.288 e. The van der Waals surface area contributed by atoms with Gasteiger partial charge in [0, 0.05) is 11.1 Å². The molecule has 1 nitrogen and oxygen atoms in total. The minimum atomic E-state index is 0.573. The fourth-order valence-electron chi connectivity index (χ4n) is 0.879. The first-order valence-electron chi connectivity index (χ1n) is 3.13. The Kier molecular flexibility index (Phi) is 1.96. The summed E-state index contributed by atoms with van der Waals surface area (Å²) in [4.78, 5) is 5.22. The van der Waals surface area contributed by atoms with Gasteiger partial charge in [0.1, 0.15) is 0 Å². The molecule has 2 heteroatoms. The van der Waals surface area contributed by atoms with Gasteiger partial charge >= 0.3 is 0 Å². The Balaban J connectivity index is 2.77. The van der Waals surface area contributed by atoms with Crippen molar-refractivity contribution in [1.29, 1.82) is 0 Å². The second-order valence-electron chi connectivity index (χ2n) is 2.53. The first-order chi connectivity index (χ1) is 4.22. The van der Waals surface area contributed by atoms with Crippen LogP contribution in [0.5, 0.6) is 0 Å². The van der Waals surface area contributed by atoms with Gasteiger partial charge < -0.3 is 0 Å². The van der Waals surface area contributed by atoms with Crippen molar-refractivity contribution in [3.05, 3.63) is 10.5 Å². The highest BCUT2D eigenvalue weighted by Gasteiger charge is 2.08. The molecule has 0 aliphatic carbocycles. The van der Waals surface area contributed by atoms with Crippen LogP contribution in [0.25, 0.3) is 0 Å². The van der Waals surface area contributed by atoms with E-state index in [0.717, 1.165) is 11.4 Å². The molecular weight excluding hydrogens is 130 g/mol. The molecule has 9 heavy (non-hydrogen) atoms. The van der Waals surface area contributed by atoms with Crippen molar-refractivity contribution in [2.75, 3.05) is 6.54 Å². The highest BCUT2D eigenvalue weighted by atomic mass is 32.1. The summed E-state index contributed by atoms with van der Waals surface area (Å²) in [6.07, 6.45) is 1.92. The fourth-order valence-corrected chi connectivity index (χ4v) is 1.28. The van der Waals surface area contributed by atoms with Crippen molar-refractivity contribution in [2.45, 2.75) is 13.8 Å². The van der Waals surface area contributed by atoms with Gasteiger partial charge in [-0.2, -0.15) is 0 Å². The van der Waals surface area contributed by atoms with Gasteiger partial charge in [-0.15, -0.1) is 12.6 Å². The maximum Gasteiger partial charge on any atom is 0.0699 e. The molecule has 1 aliphatic rings. The Morgan fingerprint density at radius 1 is 1.67 bits per heavy atom. The highest BCUT2D eigenvalue weighted by molar-refractivity contribution is 7.84. The molecule has 0 saturated heterocycles. The molecule has 50 valence electrons. The molecule has 1 aliphatic heterocycles. The van der Waals surface area contributed by atoms with Crippen LogP contribution in [0.15, 0.2) is 15.5 Å². The normalized spacial score (nSPS) is 18.2. The van der Waals surface area contributed by atoms with E-state index >= 15 is 0 Å². The van der Waals surface area contributed by atoms with Crippen molar-refractivity contribution in [3.8, 4) is 0 Å². The number of thiol groups is 1. The highest BCUT2D eigenvalue weighted by Crippen LogP contribution is 2.20. The first kappa shape index (κ1) is 6.87. The van der Waals surface area contributed by atoms with E-state index in [1.54, 1.807) is 0 Å². The molecule has 1 rings (SSSR count). The van der Waals surface area contributed by atoms with Gasteiger partial charge in [-0.25, -0.2) is 0 Å². The molecular formula is C7H11NS. The topological polar surface area (TPSA) is 12.4 Å². The number of hydrogen-bond donors (Lipinski definition) is 1. The molecule has 0 fully saturated rings. The average Bonchev–Trinajstić information content (AvgIpc) is 2.13. The minimum absolute atomic E-state index is 0.573. The van der Waals surface area contributed by atoms with Gasteiger partial charge in [0.05, 0.1) is 6.54 Å². The van der Waals surface area contributed by atoms with Gasteiger partial charge in [-0.3, -0.25) is 4.99 Å². The van der Waals surface area contributed by atoms with Gasteiger partial charge in [-0.1, -0.05) is 13.8 Å². The molecule has 0 radical (unpaired) electrons. The van der Waals surface area contributed by atoms with Crippen LogP contribution in [-0.4, -0.2) is 12.8 Å². The summed E-state index contributed by atoms with van der Waals surface area (Å²) < 4.78 is 0. The molecule has 0 saturated carbocycles. The smallest absolute Gasteiger partial charge is 0.0699 e. The molecule has 0 atom stereocenters. The van der Waals surface area contributed by atoms with Crippen LogP contribution in [-0.2, 0) is 0 Å². The number of nitrogens with zero attached hydrogens (tertiary/aromatic N) is 1. The first-order valence-corrected chi connectivity index (χ1v) is 3.58. The van der Waals surface area contributed by atoms with E-state index in [4.69, 9.17) is 0 Å². The third-order valence-corrected chi connectivity index (χ3v) is 1.83. The summed E-state index contributed by atoms with van der Waals surface area (Å²) >= 11 is 4.28. The van der Waals surface area contributed by atoms with E-state index in [0.29, 0.717) is 5.92 Å². The van der Waals surface area contributed by atoms with Gasteiger partial charge in [0.15, 0.2) is 0 Å². The van der Waals surface area contributed by atoms with Crippen LogP contribution < -0.4 is 0 Å². The van der Waals surface area contributed by atoms with Crippen LogP contribution in [0, 0.1) is 5.92 Å². The van der Waals surface area contributed by atoms with E-state index in [1.807, 2.05) is 6.21 Å². The molecule has 0 aromatic carbocycles. The number of hydrogen-bond acceptors (Lipinski definition) is 2. The van der Waals surface area contributed by atoms with Crippen LogP contribution >= 0.6 is 12.6 Å². The predicted octanol–water partition coefficient (Wildman–Crippen LogP) is 1.91. The second kappa shape index (κ2) is 2.56. The van der Waals surface area contributed by atoms with Crippen LogP contribution in [0.1, 0.15) is 13.8 Å². The lowest BCUT2D eigenvalue weighted by molar-refractivity contribution is 0.806. The van der Waals surface area contributed by atoms with Crippen molar-refractivity contribution in [1.82, 2.24) is 0 Å². The van der Waals surface area contributed by atoms with E-state index in [9.17, 15) is 0 Å². The zero-order valence-corrected chi connectivity index (χ0v) is 6.65. The third-order valence-electron chi connectivity index (χ3n) is 1.43. The summed E-state index contributed by atoms with van der Waals surface area (Å²) in [5.41, 5.74) is 1.29. The summed E-state index contributed by atoms with van der Waals surface area (Å²) in [5, 5.41) is 0. The van der Waals surface area contributed by atoms with E-state index in [2.05, 4.69) is 31.5 Å². The monoisotopic (exact) mass is 141 g/mol. The van der Waals surface area contributed by atoms with Crippen molar-refractivity contribution in [3.63, 3.8) is 0 Å². The van der Waals surface area contributed by atoms with Gasteiger partial charge in [-0.05, 0) is 11.5 Å². The van der Waals surface area contributed by atoms with Crippen LogP contribution in [0.3, 0.4) is 0 Å². The van der Waals surface area contributed by atoms with Crippen LogP contribution in [0.2, 0.25) is 0 Å². The molecule has 0 N–H and O–H groups in total. The lowest BCUT2D eigenvalue weighted by atomic mass is 10.1. The predicted molar refractivity (Wildman–Crippen MR) is 44.2 cm³/mol. The number of aliphatic imine (C=N–C) groups is 1. The SMILES string of the molecule is CC(C)C1=C(S)CN=C1. The number of rotatable bonds is 1. The largest absolute Gasteiger partial charge is 0.288 e. The van der Waals surface area contributed by atoms with Crippen LogP contribution in [0.4, 0.5) is 0 Å². The standard InChI is InChI=1S/C7H11NS/c1-5(2)6-3-8-4-7(6)9/h3,5,9H,4H2,1-2H3. The van der Waals surface area contributed by atoms with E-state index < -0.39 is 0 Å². The maximum absolute atomic E-state index is 4.28. The Morgan fingerprint density at radius 3 is 2.56 bits per heavy atom. The second-order valence-corrected chi connectivity index (χ2v) is 3.07. The fraction of sp³-hybridized carbons (Fsp3) is 0.571. The summed E-state index contributed by atoms with van der Waals surface area (Å²) in [6, 6.07) is 0. The average molecular weight is 141 g/mol. The van der Waals surface area contributed by atoms with E-state index in [1.165, 1.54) is 5.57 Å². The Bertz CT molecular complexity index is 168. The quantitative estimate of drug-likeness (QED) is 0.536.